The van der Waals surface area contributed by atoms with Gasteiger partial charge >= 0.3 is 27.6 Å². The predicted octanol–water partition coefficient (Wildman–Crippen LogP) is 7.15. The summed E-state index contributed by atoms with van der Waals surface area (Å²) in [5, 5.41) is 41.1. The SMILES string of the molecule is CCCCC[C@H](O)/C=C/[C@@H]1[C@@H](CC(=O)CCCCC(=O)O[C@H](COC(=O)CCCCCCCCCCCCCC(C)C)COP(=O)(O)OC[C@@H](O)COP(=O)(O)O)[C@@H](O)C[C@H]1O. The number of aliphatic hydroxyl groups is 4. The maximum absolute atomic E-state index is 12.9. The predicted molar refractivity (Wildman–Crippen MR) is 232 cm³/mol. The summed E-state index contributed by atoms with van der Waals surface area (Å²) in [6, 6.07) is 0. The number of esters is 2. The molecule has 1 unspecified atom stereocenters. The summed E-state index contributed by atoms with van der Waals surface area (Å²) in [5.41, 5.74) is 0. The van der Waals surface area contributed by atoms with Crippen molar-refractivity contribution >= 4 is 33.4 Å². The third-order valence-corrected chi connectivity index (χ3v) is 12.2. The number of phosphoric ester groups is 2. The number of aliphatic hydroxyl groups excluding tert-OH is 4. The van der Waals surface area contributed by atoms with Crippen molar-refractivity contribution < 1.29 is 81.7 Å². The summed E-state index contributed by atoms with van der Waals surface area (Å²) in [7, 11) is -9.82. The van der Waals surface area contributed by atoms with Crippen LogP contribution >= 0.6 is 15.6 Å². The van der Waals surface area contributed by atoms with E-state index in [0.717, 1.165) is 50.9 Å². The van der Waals surface area contributed by atoms with Gasteiger partial charge in [0.15, 0.2) is 6.10 Å². The van der Waals surface area contributed by atoms with Crippen molar-refractivity contribution in [3.63, 3.8) is 0 Å². The van der Waals surface area contributed by atoms with Crippen LogP contribution in [0.4, 0.5) is 0 Å². The Morgan fingerprint density at radius 2 is 1.19 bits per heavy atom. The van der Waals surface area contributed by atoms with E-state index < -0.39 is 96.4 Å². The van der Waals surface area contributed by atoms with Gasteiger partial charge < -0.3 is 44.6 Å². The lowest BCUT2D eigenvalue weighted by atomic mass is 9.87. The van der Waals surface area contributed by atoms with Crippen LogP contribution in [0.25, 0.3) is 0 Å². The molecule has 8 atom stereocenters. The van der Waals surface area contributed by atoms with Crippen LogP contribution in [0.5, 0.6) is 0 Å². The van der Waals surface area contributed by atoms with Crippen molar-refractivity contribution in [2.75, 3.05) is 26.4 Å². The van der Waals surface area contributed by atoms with Gasteiger partial charge in [-0.15, -0.1) is 0 Å². The van der Waals surface area contributed by atoms with Gasteiger partial charge in [-0.25, -0.2) is 9.13 Å². The van der Waals surface area contributed by atoms with Gasteiger partial charge in [-0.05, 0) is 31.6 Å². The Hall–Kier alpha value is -1.59. The van der Waals surface area contributed by atoms with Gasteiger partial charge in [-0.1, -0.05) is 123 Å². The van der Waals surface area contributed by atoms with Crippen molar-refractivity contribution in [1.29, 1.82) is 0 Å². The zero-order valence-electron chi connectivity index (χ0n) is 37.5. The molecule has 19 heteroatoms. The van der Waals surface area contributed by atoms with Crippen molar-refractivity contribution in [2.24, 2.45) is 17.8 Å². The maximum atomic E-state index is 12.9. The molecule has 0 saturated heterocycles. The number of ether oxygens (including phenoxy) is 2. The molecule has 0 heterocycles. The number of hydrogen-bond acceptors (Lipinski definition) is 14. The number of carbonyl (C=O) groups excluding carboxylic acids is 3. The fourth-order valence-corrected chi connectivity index (χ4v) is 8.39. The highest BCUT2D eigenvalue weighted by molar-refractivity contribution is 7.47. The van der Waals surface area contributed by atoms with Crippen LogP contribution in [0.1, 0.15) is 168 Å². The molecule has 1 aliphatic rings. The number of ketones is 1. The molecule has 0 aliphatic heterocycles. The summed E-state index contributed by atoms with van der Waals surface area (Å²) in [6.07, 6.45) is 15.6. The fourth-order valence-electron chi connectivity index (χ4n) is 7.24. The first-order chi connectivity index (χ1) is 29.3. The molecule has 0 aromatic heterocycles. The van der Waals surface area contributed by atoms with E-state index in [4.69, 9.17) is 23.8 Å². The number of Topliss-reactive ketones (excluding diaryl/α,β-unsaturated/α-hetero) is 1. The molecule has 62 heavy (non-hydrogen) atoms. The molecule has 1 rings (SSSR count). The molecule has 0 aromatic carbocycles. The molecule has 0 spiro atoms. The Bertz CT molecular complexity index is 1340. The zero-order valence-corrected chi connectivity index (χ0v) is 39.3. The third kappa shape index (κ3) is 31.3. The van der Waals surface area contributed by atoms with Gasteiger partial charge in [0.2, 0.25) is 0 Å². The second-order valence-corrected chi connectivity index (χ2v) is 19.8. The summed E-state index contributed by atoms with van der Waals surface area (Å²) in [4.78, 5) is 65.8. The molecule has 1 aliphatic carbocycles. The minimum Gasteiger partial charge on any atom is -0.462 e. The van der Waals surface area contributed by atoms with E-state index in [1.807, 2.05) is 0 Å². The molecule has 17 nitrogen and oxygen atoms in total. The molecular formula is C43H80O17P2. The fraction of sp³-hybridized carbons (Fsp3) is 0.884. The van der Waals surface area contributed by atoms with Crippen molar-refractivity contribution in [3.05, 3.63) is 12.2 Å². The summed E-state index contributed by atoms with van der Waals surface area (Å²) in [5.74, 6) is -1.71. The lowest BCUT2D eigenvalue weighted by Crippen LogP contribution is -2.30. The van der Waals surface area contributed by atoms with Gasteiger partial charge in [-0.3, -0.25) is 28.0 Å². The first kappa shape index (κ1) is 58.4. The topological polar surface area (TPSA) is 273 Å². The summed E-state index contributed by atoms with van der Waals surface area (Å²) in [6.45, 7) is 3.52. The average molecular weight is 931 g/mol. The number of rotatable bonds is 39. The largest absolute Gasteiger partial charge is 0.472 e. The second kappa shape index (κ2) is 33.8. The highest BCUT2D eigenvalue weighted by Gasteiger charge is 2.41. The van der Waals surface area contributed by atoms with Crippen molar-refractivity contribution in [3.8, 4) is 0 Å². The molecule has 0 bridgehead atoms. The minimum atomic E-state index is -4.91. The van der Waals surface area contributed by atoms with E-state index >= 15 is 0 Å². The standard InChI is InChI=1S/C43H80O17P2/c1-4-5-15-21-34(44)25-26-38-39(41(48)28-40(38)47)27-35(45)22-18-19-24-43(50)60-37(32-59-62(54,55)58-30-36(46)29-57-61(51,52)53)31-56-42(49)23-17-14-12-10-8-6-7-9-11-13-16-20-33(2)3/h25-26,33-34,36-41,44,46-48H,4-24,27-32H2,1-3H3,(H,54,55)(H2,51,52,53)/b26-25+/t34-,36-,37+,38+,39+,40+,41-/m0/s1. The molecular weight excluding hydrogens is 850 g/mol. The Morgan fingerprint density at radius 3 is 1.81 bits per heavy atom. The van der Waals surface area contributed by atoms with E-state index in [-0.39, 0.29) is 44.3 Å². The Balaban J connectivity index is 2.58. The van der Waals surface area contributed by atoms with E-state index in [1.165, 1.54) is 44.9 Å². The van der Waals surface area contributed by atoms with Gasteiger partial charge in [0.1, 0.15) is 18.5 Å². The van der Waals surface area contributed by atoms with Crippen LogP contribution < -0.4 is 0 Å². The Kier molecular flexibility index (Phi) is 31.9. The average Bonchev–Trinajstić information content (AvgIpc) is 3.46. The highest BCUT2D eigenvalue weighted by Crippen LogP contribution is 2.44. The summed E-state index contributed by atoms with van der Waals surface area (Å²) >= 11 is 0. The van der Waals surface area contributed by atoms with Gasteiger partial charge in [0, 0.05) is 43.9 Å². The lowest BCUT2D eigenvalue weighted by Gasteiger charge is -2.21. The second-order valence-electron chi connectivity index (χ2n) is 17.1. The Labute approximate surface area is 369 Å². The van der Waals surface area contributed by atoms with Crippen LogP contribution in [0.3, 0.4) is 0 Å². The van der Waals surface area contributed by atoms with E-state index in [0.29, 0.717) is 19.3 Å². The molecule has 364 valence electrons. The Morgan fingerprint density at radius 1 is 0.661 bits per heavy atom. The van der Waals surface area contributed by atoms with Gasteiger partial charge in [0.05, 0.1) is 38.1 Å². The van der Waals surface area contributed by atoms with Crippen LogP contribution in [0.15, 0.2) is 12.2 Å². The van der Waals surface area contributed by atoms with Crippen LogP contribution in [0, 0.1) is 17.8 Å². The van der Waals surface area contributed by atoms with Gasteiger partial charge in [-0.2, -0.15) is 0 Å². The molecule has 0 radical (unpaired) electrons. The molecule has 1 saturated carbocycles. The quantitative estimate of drug-likeness (QED) is 0.0140. The first-order valence-corrected chi connectivity index (χ1v) is 25.9. The number of carbonyl (C=O) groups is 3. The van der Waals surface area contributed by atoms with E-state index in [9.17, 15) is 48.8 Å². The normalized spacial score (nSPS) is 20.6. The molecule has 7 N–H and O–H groups in total. The molecule has 1 fully saturated rings. The zero-order chi connectivity index (χ0) is 46.4. The molecule has 0 amide bonds. The smallest absolute Gasteiger partial charge is 0.462 e. The maximum Gasteiger partial charge on any atom is 0.472 e. The monoisotopic (exact) mass is 930 g/mol. The van der Waals surface area contributed by atoms with Crippen molar-refractivity contribution in [1.82, 2.24) is 0 Å². The van der Waals surface area contributed by atoms with Crippen molar-refractivity contribution in [2.45, 2.75) is 199 Å². The number of unbranched alkanes of at least 4 members (excludes halogenated alkanes) is 13. The van der Waals surface area contributed by atoms with Gasteiger partial charge in [0.25, 0.3) is 0 Å². The first-order valence-electron chi connectivity index (χ1n) is 22.9. The van der Waals surface area contributed by atoms with E-state index in [1.54, 1.807) is 12.2 Å². The minimum absolute atomic E-state index is 0.0181. The molecule has 0 aromatic rings. The highest BCUT2D eigenvalue weighted by atomic mass is 31.2. The number of phosphoric acid groups is 2. The van der Waals surface area contributed by atoms with Crippen LogP contribution in [-0.4, -0.2) is 110 Å². The summed E-state index contributed by atoms with van der Waals surface area (Å²) < 4.78 is 47.7. The number of hydrogen-bond donors (Lipinski definition) is 7. The van der Waals surface area contributed by atoms with E-state index in [2.05, 4.69) is 29.8 Å². The lowest BCUT2D eigenvalue weighted by molar-refractivity contribution is -0.161. The van der Waals surface area contributed by atoms with Crippen LogP contribution in [0.2, 0.25) is 0 Å². The third-order valence-electron chi connectivity index (χ3n) is 10.8. The van der Waals surface area contributed by atoms with Crippen LogP contribution in [-0.2, 0) is 46.6 Å².